The highest BCUT2D eigenvalue weighted by atomic mass is 16.5. The maximum absolute atomic E-state index is 12.7. The molecule has 0 aliphatic heterocycles. The standard InChI is InChI=1S/C36H54O2/c1-25(2)10-9-11-26(3)31-17-18-32-30-16-15-28-24-29(38-34(37)19-14-27-12-7-6-8-13-27)20-22-35(28,4)33(30)21-23-36(31,32)5/h6-8,12-13,15,25-26,29-33H,9-11,14,16-24H2,1-5H3. The molecule has 0 saturated heterocycles. The third-order valence-electron chi connectivity index (χ3n) is 12.0. The second-order valence-corrected chi connectivity index (χ2v) is 14.6. The summed E-state index contributed by atoms with van der Waals surface area (Å²) in [4.78, 5) is 12.7. The molecule has 0 aromatic heterocycles. The quantitative estimate of drug-likeness (QED) is 0.240. The van der Waals surface area contributed by atoms with Gasteiger partial charge in [0.1, 0.15) is 6.10 Å². The van der Waals surface area contributed by atoms with Crippen molar-refractivity contribution in [2.24, 2.45) is 46.3 Å². The van der Waals surface area contributed by atoms with Gasteiger partial charge in [-0.3, -0.25) is 4.79 Å². The number of ether oxygens (including phenoxy) is 1. The Hall–Kier alpha value is -1.57. The molecule has 4 aliphatic carbocycles. The van der Waals surface area contributed by atoms with Crippen LogP contribution in [0.5, 0.6) is 0 Å². The molecule has 3 fully saturated rings. The normalized spacial score (nSPS) is 37.1. The zero-order valence-electron chi connectivity index (χ0n) is 25.0. The van der Waals surface area contributed by atoms with E-state index in [0.29, 0.717) is 17.3 Å². The molecule has 2 heteroatoms. The van der Waals surface area contributed by atoms with E-state index in [1.54, 1.807) is 5.57 Å². The summed E-state index contributed by atoms with van der Waals surface area (Å²) in [6.07, 6.45) is 18.4. The van der Waals surface area contributed by atoms with Crippen LogP contribution in [-0.2, 0) is 16.0 Å². The van der Waals surface area contributed by atoms with E-state index >= 15 is 0 Å². The Kier molecular flexibility index (Phi) is 8.47. The Morgan fingerprint density at radius 1 is 0.974 bits per heavy atom. The number of benzene rings is 1. The fourth-order valence-corrected chi connectivity index (χ4v) is 9.89. The average molecular weight is 519 g/mol. The molecule has 1 aromatic carbocycles. The van der Waals surface area contributed by atoms with Crippen LogP contribution < -0.4 is 0 Å². The van der Waals surface area contributed by atoms with Crippen molar-refractivity contribution in [1.82, 2.24) is 0 Å². The smallest absolute Gasteiger partial charge is 0.306 e. The molecule has 0 radical (unpaired) electrons. The highest BCUT2D eigenvalue weighted by molar-refractivity contribution is 5.70. The third kappa shape index (κ3) is 5.53. The minimum atomic E-state index is -0.0234. The maximum atomic E-state index is 12.7. The van der Waals surface area contributed by atoms with Crippen LogP contribution in [0.4, 0.5) is 0 Å². The molecule has 210 valence electrons. The van der Waals surface area contributed by atoms with Gasteiger partial charge in [-0.15, -0.1) is 0 Å². The van der Waals surface area contributed by atoms with E-state index in [2.05, 4.69) is 52.8 Å². The Morgan fingerprint density at radius 3 is 2.53 bits per heavy atom. The number of hydrogen-bond donors (Lipinski definition) is 0. The first kappa shape index (κ1) is 28.0. The molecule has 0 amide bonds. The van der Waals surface area contributed by atoms with Gasteiger partial charge in [0.25, 0.3) is 0 Å². The molecule has 38 heavy (non-hydrogen) atoms. The monoisotopic (exact) mass is 518 g/mol. The molecule has 5 rings (SSSR count). The van der Waals surface area contributed by atoms with Gasteiger partial charge < -0.3 is 4.74 Å². The lowest BCUT2D eigenvalue weighted by molar-refractivity contribution is -0.151. The number of rotatable bonds is 9. The first-order valence-corrected chi connectivity index (χ1v) is 16.1. The number of esters is 1. The van der Waals surface area contributed by atoms with Crippen molar-refractivity contribution in [3.8, 4) is 0 Å². The second-order valence-electron chi connectivity index (χ2n) is 14.6. The van der Waals surface area contributed by atoms with Gasteiger partial charge in [-0.05, 0) is 103 Å². The molecule has 4 aliphatic rings. The Morgan fingerprint density at radius 2 is 1.76 bits per heavy atom. The van der Waals surface area contributed by atoms with Gasteiger partial charge >= 0.3 is 5.97 Å². The van der Waals surface area contributed by atoms with Gasteiger partial charge in [0.2, 0.25) is 0 Å². The van der Waals surface area contributed by atoms with Crippen molar-refractivity contribution in [1.29, 1.82) is 0 Å². The summed E-state index contributed by atoms with van der Waals surface area (Å²) < 4.78 is 6.04. The van der Waals surface area contributed by atoms with Gasteiger partial charge in [0.05, 0.1) is 0 Å². The molecule has 0 N–H and O–H groups in total. The summed E-state index contributed by atoms with van der Waals surface area (Å²) in [5.74, 6) is 5.20. The van der Waals surface area contributed by atoms with Gasteiger partial charge in [-0.2, -0.15) is 0 Å². The van der Waals surface area contributed by atoms with Crippen LogP contribution in [-0.4, -0.2) is 12.1 Å². The lowest BCUT2D eigenvalue weighted by atomic mass is 9.47. The molecule has 0 bridgehead atoms. The van der Waals surface area contributed by atoms with Crippen molar-refractivity contribution in [2.45, 2.75) is 124 Å². The zero-order chi connectivity index (χ0) is 26.9. The van der Waals surface area contributed by atoms with E-state index in [9.17, 15) is 4.79 Å². The third-order valence-corrected chi connectivity index (χ3v) is 12.0. The van der Waals surface area contributed by atoms with Gasteiger partial charge in [0.15, 0.2) is 0 Å². The van der Waals surface area contributed by atoms with Crippen LogP contribution in [0, 0.1) is 46.3 Å². The highest BCUT2D eigenvalue weighted by Gasteiger charge is 2.59. The lowest BCUT2D eigenvalue weighted by Crippen LogP contribution is -2.51. The Labute approximate surface area is 233 Å². The van der Waals surface area contributed by atoms with E-state index < -0.39 is 0 Å². The second kappa shape index (κ2) is 11.5. The largest absolute Gasteiger partial charge is 0.462 e. The summed E-state index contributed by atoms with van der Waals surface area (Å²) in [5, 5.41) is 0. The van der Waals surface area contributed by atoms with Crippen LogP contribution in [0.3, 0.4) is 0 Å². The molecule has 0 spiro atoms. The highest BCUT2D eigenvalue weighted by Crippen LogP contribution is 2.67. The van der Waals surface area contributed by atoms with Gasteiger partial charge in [-0.1, -0.05) is 95.9 Å². The fraction of sp³-hybridized carbons (Fsp3) is 0.750. The van der Waals surface area contributed by atoms with Crippen molar-refractivity contribution < 1.29 is 9.53 Å². The zero-order valence-corrected chi connectivity index (χ0v) is 25.0. The van der Waals surface area contributed by atoms with Crippen LogP contribution in [0.15, 0.2) is 42.0 Å². The lowest BCUT2D eigenvalue weighted by Gasteiger charge is -2.58. The summed E-state index contributed by atoms with van der Waals surface area (Å²) >= 11 is 0. The molecule has 1 aromatic rings. The number of aryl methyl sites for hydroxylation is 1. The van der Waals surface area contributed by atoms with E-state index in [0.717, 1.165) is 54.8 Å². The van der Waals surface area contributed by atoms with Crippen molar-refractivity contribution in [3.63, 3.8) is 0 Å². The molecule has 0 heterocycles. The molecule has 2 nitrogen and oxygen atoms in total. The first-order chi connectivity index (χ1) is 18.2. The molecule has 8 atom stereocenters. The SMILES string of the molecule is CC(C)CCCC(C)C1CCC2C3CC=C4CC(OC(=O)CCc5ccccc5)CCC4(C)C3CCC12C. The Balaban J connectivity index is 1.19. The minimum absolute atomic E-state index is 0.0234. The fourth-order valence-electron chi connectivity index (χ4n) is 9.89. The van der Waals surface area contributed by atoms with E-state index in [1.807, 2.05) is 18.2 Å². The topological polar surface area (TPSA) is 26.3 Å². The molecule has 3 saturated carbocycles. The van der Waals surface area contributed by atoms with Crippen molar-refractivity contribution >= 4 is 5.97 Å². The van der Waals surface area contributed by atoms with Gasteiger partial charge in [0, 0.05) is 12.8 Å². The number of carbonyl (C=O) groups is 1. The minimum Gasteiger partial charge on any atom is -0.462 e. The maximum Gasteiger partial charge on any atom is 0.306 e. The number of carbonyl (C=O) groups excluding carboxylic acids is 1. The van der Waals surface area contributed by atoms with Crippen LogP contribution in [0.1, 0.15) is 117 Å². The van der Waals surface area contributed by atoms with Crippen LogP contribution in [0.25, 0.3) is 0 Å². The Bertz CT molecular complexity index is 978. The average Bonchev–Trinajstić information content (AvgIpc) is 3.25. The summed E-state index contributed by atoms with van der Waals surface area (Å²) in [7, 11) is 0. The van der Waals surface area contributed by atoms with Crippen molar-refractivity contribution in [2.75, 3.05) is 0 Å². The molecular weight excluding hydrogens is 464 g/mol. The van der Waals surface area contributed by atoms with E-state index in [-0.39, 0.29) is 12.1 Å². The number of fused-ring (bicyclic) bond motifs is 5. The van der Waals surface area contributed by atoms with E-state index in [4.69, 9.17) is 4.74 Å². The number of allylic oxidation sites excluding steroid dienone is 1. The summed E-state index contributed by atoms with van der Waals surface area (Å²) in [6.45, 7) is 12.6. The van der Waals surface area contributed by atoms with Crippen molar-refractivity contribution in [3.05, 3.63) is 47.5 Å². The molecular formula is C36H54O2. The molecule has 8 unspecified atom stereocenters. The summed E-state index contributed by atoms with van der Waals surface area (Å²) in [6, 6.07) is 10.3. The van der Waals surface area contributed by atoms with Crippen LogP contribution in [0.2, 0.25) is 0 Å². The number of hydrogen-bond acceptors (Lipinski definition) is 2. The predicted molar refractivity (Wildman–Crippen MR) is 158 cm³/mol. The first-order valence-electron chi connectivity index (χ1n) is 16.1. The predicted octanol–water partition coefficient (Wildman–Crippen LogP) is 9.57. The van der Waals surface area contributed by atoms with E-state index in [1.165, 1.54) is 63.4 Å². The van der Waals surface area contributed by atoms with Crippen LogP contribution >= 0.6 is 0 Å². The van der Waals surface area contributed by atoms with Gasteiger partial charge in [-0.25, -0.2) is 0 Å². The summed E-state index contributed by atoms with van der Waals surface area (Å²) in [5.41, 5.74) is 3.69.